The smallest absolute Gasteiger partial charge is 0.314 e. The third-order valence-corrected chi connectivity index (χ3v) is 2.64. The van der Waals surface area contributed by atoms with Crippen molar-refractivity contribution in [3.8, 4) is 0 Å². The van der Waals surface area contributed by atoms with Crippen LogP contribution in [0.5, 0.6) is 0 Å². The van der Waals surface area contributed by atoms with E-state index in [-0.39, 0.29) is 5.56 Å². The molecular weight excluding hydrogens is 168 g/mol. The number of hydrogen-bond donors (Lipinski definition) is 2. The molecule has 4 heteroatoms. The second-order valence-corrected chi connectivity index (χ2v) is 3.51. The van der Waals surface area contributed by atoms with Gasteiger partial charge in [0.2, 0.25) is 0 Å². The van der Waals surface area contributed by atoms with Gasteiger partial charge in [-0.05, 0) is 18.8 Å². The van der Waals surface area contributed by atoms with Crippen LogP contribution in [0.1, 0.15) is 37.2 Å². The molecule has 0 spiro atoms. The first-order chi connectivity index (χ1) is 6.27. The zero-order valence-corrected chi connectivity index (χ0v) is 7.30. The average Bonchev–Trinajstić information content (AvgIpc) is 2.56. The van der Waals surface area contributed by atoms with Crippen LogP contribution in [0.4, 0.5) is 0 Å². The van der Waals surface area contributed by atoms with Gasteiger partial charge in [-0.1, -0.05) is 12.8 Å². The molecule has 0 saturated heterocycles. The molecular formula is C9H12N2O2. The molecule has 1 heterocycles. The maximum atomic E-state index is 11.4. The highest BCUT2D eigenvalue weighted by atomic mass is 16.2. The SMILES string of the molecule is O=c1[nH]cc(C2CCCC2)c(=O)[nH]1. The van der Waals surface area contributed by atoms with Crippen LogP contribution in [0.2, 0.25) is 0 Å². The Morgan fingerprint density at radius 3 is 2.54 bits per heavy atom. The third kappa shape index (κ3) is 1.56. The molecule has 1 aromatic heterocycles. The van der Waals surface area contributed by atoms with Gasteiger partial charge in [0.05, 0.1) is 0 Å². The van der Waals surface area contributed by atoms with Gasteiger partial charge in [-0.25, -0.2) is 4.79 Å². The molecule has 0 radical (unpaired) electrons. The van der Waals surface area contributed by atoms with Crippen LogP contribution in [0, 0.1) is 0 Å². The standard InChI is InChI=1S/C9H12N2O2/c12-8-7(5-10-9(13)11-8)6-3-1-2-4-6/h5-6H,1-4H2,(H2,10,11,12,13). The van der Waals surface area contributed by atoms with E-state index in [2.05, 4.69) is 9.97 Å². The lowest BCUT2D eigenvalue weighted by atomic mass is 10.0. The molecule has 1 aromatic rings. The highest BCUT2D eigenvalue weighted by molar-refractivity contribution is 5.11. The van der Waals surface area contributed by atoms with E-state index in [4.69, 9.17) is 0 Å². The maximum absolute atomic E-state index is 11.4. The highest BCUT2D eigenvalue weighted by Gasteiger charge is 2.19. The average molecular weight is 180 g/mol. The Kier molecular flexibility index (Phi) is 2.04. The Balaban J connectivity index is 2.40. The van der Waals surface area contributed by atoms with Gasteiger partial charge in [0.1, 0.15) is 0 Å². The fraction of sp³-hybridized carbons (Fsp3) is 0.556. The molecule has 2 rings (SSSR count). The van der Waals surface area contributed by atoms with E-state index in [9.17, 15) is 9.59 Å². The normalized spacial score (nSPS) is 17.8. The van der Waals surface area contributed by atoms with Gasteiger partial charge in [-0.3, -0.25) is 9.78 Å². The van der Waals surface area contributed by atoms with Crippen molar-refractivity contribution in [2.24, 2.45) is 0 Å². The Hall–Kier alpha value is -1.32. The molecule has 0 bridgehead atoms. The van der Waals surface area contributed by atoms with Crippen molar-refractivity contribution in [3.63, 3.8) is 0 Å². The minimum Gasteiger partial charge on any atom is -0.314 e. The molecule has 4 nitrogen and oxygen atoms in total. The molecule has 2 N–H and O–H groups in total. The Bertz CT molecular complexity index is 399. The minimum absolute atomic E-state index is 0.226. The Morgan fingerprint density at radius 2 is 1.92 bits per heavy atom. The molecule has 1 saturated carbocycles. The van der Waals surface area contributed by atoms with Gasteiger partial charge in [-0.2, -0.15) is 0 Å². The summed E-state index contributed by atoms with van der Waals surface area (Å²) in [4.78, 5) is 26.9. The lowest BCUT2D eigenvalue weighted by Gasteiger charge is -2.05. The predicted octanol–water partition coefficient (Wildman–Crippen LogP) is 0.721. The van der Waals surface area contributed by atoms with E-state index in [1.165, 1.54) is 12.8 Å². The monoisotopic (exact) mass is 180 g/mol. The summed E-state index contributed by atoms with van der Waals surface area (Å²) in [5, 5.41) is 0. The quantitative estimate of drug-likeness (QED) is 0.668. The van der Waals surface area contributed by atoms with Gasteiger partial charge in [0.15, 0.2) is 0 Å². The number of aromatic amines is 2. The van der Waals surface area contributed by atoms with Gasteiger partial charge >= 0.3 is 5.69 Å². The molecule has 1 aliphatic carbocycles. The van der Waals surface area contributed by atoms with E-state index < -0.39 is 5.69 Å². The van der Waals surface area contributed by atoms with Crippen molar-refractivity contribution in [2.45, 2.75) is 31.6 Å². The van der Waals surface area contributed by atoms with Crippen molar-refractivity contribution in [2.75, 3.05) is 0 Å². The van der Waals surface area contributed by atoms with Gasteiger partial charge < -0.3 is 4.98 Å². The summed E-state index contributed by atoms with van der Waals surface area (Å²) < 4.78 is 0. The van der Waals surface area contributed by atoms with E-state index >= 15 is 0 Å². The fourth-order valence-electron chi connectivity index (χ4n) is 1.96. The van der Waals surface area contributed by atoms with Crippen molar-refractivity contribution >= 4 is 0 Å². The summed E-state index contributed by atoms with van der Waals surface area (Å²) in [7, 11) is 0. The number of rotatable bonds is 1. The van der Waals surface area contributed by atoms with E-state index in [1.54, 1.807) is 6.20 Å². The molecule has 1 fully saturated rings. The van der Waals surface area contributed by atoms with E-state index in [0.29, 0.717) is 5.92 Å². The lowest BCUT2D eigenvalue weighted by Crippen LogP contribution is -2.25. The summed E-state index contributed by atoms with van der Waals surface area (Å²) in [6.45, 7) is 0. The molecule has 0 aliphatic heterocycles. The second-order valence-electron chi connectivity index (χ2n) is 3.51. The third-order valence-electron chi connectivity index (χ3n) is 2.64. The number of aromatic nitrogens is 2. The van der Waals surface area contributed by atoms with Crippen LogP contribution >= 0.6 is 0 Å². The van der Waals surface area contributed by atoms with Crippen molar-refractivity contribution in [1.82, 2.24) is 9.97 Å². The fourth-order valence-corrected chi connectivity index (χ4v) is 1.96. The van der Waals surface area contributed by atoms with Gasteiger partial charge in [0.25, 0.3) is 5.56 Å². The van der Waals surface area contributed by atoms with Crippen molar-refractivity contribution in [3.05, 3.63) is 32.6 Å². The molecule has 70 valence electrons. The maximum Gasteiger partial charge on any atom is 0.325 e. The van der Waals surface area contributed by atoms with Crippen molar-refractivity contribution < 1.29 is 0 Å². The topological polar surface area (TPSA) is 65.7 Å². The molecule has 0 atom stereocenters. The number of nitrogens with one attached hydrogen (secondary N) is 2. The van der Waals surface area contributed by atoms with Crippen LogP contribution in [-0.2, 0) is 0 Å². The first-order valence-electron chi connectivity index (χ1n) is 4.59. The zero-order valence-electron chi connectivity index (χ0n) is 7.30. The molecule has 13 heavy (non-hydrogen) atoms. The van der Waals surface area contributed by atoms with Crippen LogP contribution in [-0.4, -0.2) is 9.97 Å². The summed E-state index contributed by atoms with van der Waals surface area (Å²) in [6, 6.07) is 0. The van der Waals surface area contributed by atoms with E-state index in [0.717, 1.165) is 18.4 Å². The summed E-state index contributed by atoms with van der Waals surface area (Å²) >= 11 is 0. The number of hydrogen-bond acceptors (Lipinski definition) is 2. The summed E-state index contributed by atoms with van der Waals surface area (Å²) in [6.07, 6.45) is 6.05. The first-order valence-corrected chi connectivity index (χ1v) is 4.59. The van der Waals surface area contributed by atoms with Crippen molar-refractivity contribution in [1.29, 1.82) is 0 Å². The molecule has 0 aromatic carbocycles. The van der Waals surface area contributed by atoms with Gasteiger partial charge in [-0.15, -0.1) is 0 Å². The molecule has 0 unspecified atom stereocenters. The summed E-state index contributed by atoms with van der Waals surface area (Å²) in [5.74, 6) is 0.348. The Morgan fingerprint density at radius 1 is 1.23 bits per heavy atom. The largest absolute Gasteiger partial charge is 0.325 e. The second kappa shape index (κ2) is 3.20. The lowest BCUT2D eigenvalue weighted by molar-refractivity contribution is 0.702. The van der Waals surface area contributed by atoms with Crippen LogP contribution < -0.4 is 11.2 Å². The minimum atomic E-state index is -0.424. The Labute approximate surface area is 75.0 Å². The highest BCUT2D eigenvalue weighted by Crippen LogP contribution is 2.31. The molecule has 0 amide bonds. The summed E-state index contributed by atoms with van der Waals surface area (Å²) in [5.41, 5.74) is 0.0829. The van der Waals surface area contributed by atoms with Crippen LogP contribution in [0.25, 0.3) is 0 Å². The van der Waals surface area contributed by atoms with Crippen LogP contribution in [0.3, 0.4) is 0 Å². The number of H-pyrrole nitrogens is 2. The van der Waals surface area contributed by atoms with Gasteiger partial charge in [0, 0.05) is 11.8 Å². The van der Waals surface area contributed by atoms with Crippen LogP contribution in [0.15, 0.2) is 15.8 Å². The molecule has 1 aliphatic rings. The zero-order chi connectivity index (χ0) is 9.26. The van der Waals surface area contributed by atoms with E-state index in [1.807, 2.05) is 0 Å². The first kappa shape index (κ1) is 8.29. The predicted molar refractivity (Wildman–Crippen MR) is 48.9 cm³/mol.